The van der Waals surface area contributed by atoms with Gasteiger partial charge in [0.25, 0.3) is 0 Å². The van der Waals surface area contributed by atoms with Gasteiger partial charge in [0.15, 0.2) is 0 Å². The van der Waals surface area contributed by atoms with Crippen LogP contribution in [0.3, 0.4) is 0 Å². The van der Waals surface area contributed by atoms with Gasteiger partial charge in [-0.3, -0.25) is 0 Å². The number of rotatable bonds is 46. The van der Waals surface area contributed by atoms with Crippen LogP contribution < -0.4 is 5.73 Å². The summed E-state index contributed by atoms with van der Waals surface area (Å²) in [5.74, 6) is 0. The SMILES string of the molecule is CCCOCCOCCOCCOCCOCCOCCOCCOCCOCCOCCOCCOCCOCCOCCOCCN. The summed E-state index contributed by atoms with van der Waals surface area (Å²) >= 11 is 0. The first-order valence-corrected chi connectivity index (χ1v) is 17.8. The largest absolute Gasteiger partial charge is 0.379 e. The zero-order valence-corrected chi connectivity index (χ0v) is 30.3. The summed E-state index contributed by atoms with van der Waals surface area (Å²) in [6, 6.07) is 0. The second-order valence-electron chi connectivity index (χ2n) is 9.97. The van der Waals surface area contributed by atoms with Crippen LogP contribution in [0.15, 0.2) is 0 Å². The lowest BCUT2D eigenvalue weighted by atomic mass is 10.5. The van der Waals surface area contributed by atoms with Crippen molar-refractivity contribution in [2.45, 2.75) is 13.3 Å². The Labute approximate surface area is 294 Å². The summed E-state index contributed by atoms with van der Waals surface area (Å²) in [6.45, 7) is 18.7. The minimum absolute atomic E-state index is 0.505. The Balaban J connectivity index is 3.04. The Morgan fingerprint density at radius 2 is 0.327 bits per heavy atom. The molecule has 0 saturated carbocycles. The van der Waals surface area contributed by atoms with Crippen molar-refractivity contribution in [2.24, 2.45) is 5.73 Å². The van der Waals surface area contributed by atoms with E-state index in [1.165, 1.54) is 0 Å². The molecule has 0 aliphatic rings. The van der Waals surface area contributed by atoms with Crippen molar-refractivity contribution in [3.63, 3.8) is 0 Å². The van der Waals surface area contributed by atoms with Gasteiger partial charge in [-0.15, -0.1) is 0 Å². The fourth-order valence-electron chi connectivity index (χ4n) is 3.41. The summed E-state index contributed by atoms with van der Waals surface area (Å²) in [6.07, 6.45) is 1.02. The van der Waals surface area contributed by atoms with Gasteiger partial charge < -0.3 is 76.8 Å². The van der Waals surface area contributed by atoms with E-state index in [0.29, 0.717) is 198 Å². The zero-order chi connectivity index (χ0) is 35.2. The molecule has 2 N–H and O–H groups in total. The number of hydrogen-bond acceptors (Lipinski definition) is 16. The maximum Gasteiger partial charge on any atom is 0.0701 e. The normalized spacial score (nSPS) is 11.6. The van der Waals surface area contributed by atoms with Crippen molar-refractivity contribution in [1.82, 2.24) is 0 Å². The van der Waals surface area contributed by atoms with E-state index >= 15 is 0 Å². The van der Waals surface area contributed by atoms with Crippen LogP contribution in [0, 0.1) is 0 Å². The second kappa shape index (κ2) is 47.4. The molecule has 0 atom stereocenters. The predicted molar refractivity (Wildman–Crippen MR) is 182 cm³/mol. The molecule has 0 rings (SSSR count). The molecular weight excluding hydrogens is 650 g/mol. The smallest absolute Gasteiger partial charge is 0.0701 e. The third kappa shape index (κ3) is 47.4. The average Bonchev–Trinajstić information content (AvgIpc) is 3.11. The van der Waals surface area contributed by atoms with E-state index < -0.39 is 0 Å². The zero-order valence-electron chi connectivity index (χ0n) is 30.3. The Hall–Kier alpha value is -0.640. The maximum atomic E-state index is 5.49. The average molecular weight is 720 g/mol. The number of ether oxygens (including phenoxy) is 15. The lowest BCUT2D eigenvalue weighted by Crippen LogP contribution is -2.16. The molecule has 0 aromatic rings. The lowest BCUT2D eigenvalue weighted by molar-refractivity contribution is -0.0300. The molecule has 0 amide bonds. The lowest BCUT2D eigenvalue weighted by Gasteiger charge is -2.09. The second-order valence-corrected chi connectivity index (χ2v) is 9.97. The maximum absolute atomic E-state index is 5.49. The summed E-state index contributed by atoms with van der Waals surface area (Å²) in [5.41, 5.74) is 5.33. The Morgan fingerprint density at radius 3 is 0.449 bits per heavy atom. The van der Waals surface area contributed by atoms with E-state index in [-0.39, 0.29) is 0 Å². The molecule has 0 heterocycles. The van der Waals surface area contributed by atoms with E-state index in [1.54, 1.807) is 0 Å². The Kier molecular flexibility index (Phi) is 46.7. The summed E-state index contributed by atoms with van der Waals surface area (Å²) in [5, 5.41) is 0. The van der Waals surface area contributed by atoms with Crippen LogP contribution in [-0.2, 0) is 71.1 Å². The highest BCUT2D eigenvalue weighted by atomic mass is 16.6. The third-order valence-corrected chi connectivity index (χ3v) is 5.82. The fourth-order valence-corrected chi connectivity index (χ4v) is 3.41. The van der Waals surface area contributed by atoms with E-state index in [4.69, 9.17) is 76.8 Å². The molecule has 16 heteroatoms. The highest BCUT2D eigenvalue weighted by Crippen LogP contribution is 1.88. The highest BCUT2D eigenvalue weighted by molar-refractivity contribution is 4.40. The van der Waals surface area contributed by atoms with Gasteiger partial charge in [0, 0.05) is 13.2 Å². The molecule has 0 radical (unpaired) electrons. The van der Waals surface area contributed by atoms with Gasteiger partial charge >= 0.3 is 0 Å². The summed E-state index contributed by atoms with van der Waals surface area (Å²) in [7, 11) is 0. The van der Waals surface area contributed by atoms with Gasteiger partial charge in [0.2, 0.25) is 0 Å². The van der Waals surface area contributed by atoms with Crippen molar-refractivity contribution in [2.75, 3.05) is 205 Å². The molecule has 0 unspecified atom stereocenters. The molecule has 0 spiro atoms. The summed E-state index contributed by atoms with van der Waals surface area (Å²) in [4.78, 5) is 0. The minimum Gasteiger partial charge on any atom is -0.379 e. The molecule has 0 aromatic heterocycles. The van der Waals surface area contributed by atoms with Crippen LogP contribution in [0.5, 0.6) is 0 Å². The fraction of sp³-hybridized carbons (Fsp3) is 1.00. The summed E-state index contributed by atoms with van der Waals surface area (Å²) < 4.78 is 81.5. The first-order valence-electron chi connectivity index (χ1n) is 17.8. The Morgan fingerprint density at radius 1 is 0.204 bits per heavy atom. The van der Waals surface area contributed by atoms with Gasteiger partial charge in [0.05, 0.1) is 192 Å². The van der Waals surface area contributed by atoms with E-state index in [9.17, 15) is 0 Å². The van der Waals surface area contributed by atoms with Gasteiger partial charge in [-0.1, -0.05) is 6.92 Å². The van der Waals surface area contributed by atoms with Gasteiger partial charge in [-0.25, -0.2) is 0 Å². The topological polar surface area (TPSA) is 164 Å². The Bertz CT molecular complexity index is 526. The van der Waals surface area contributed by atoms with Gasteiger partial charge in [-0.2, -0.15) is 0 Å². The van der Waals surface area contributed by atoms with E-state index in [1.807, 2.05) is 0 Å². The van der Waals surface area contributed by atoms with Crippen LogP contribution in [0.2, 0.25) is 0 Å². The van der Waals surface area contributed by atoms with Crippen LogP contribution in [0.25, 0.3) is 0 Å². The van der Waals surface area contributed by atoms with Crippen LogP contribution in [-0.4, -0.2) is 205 Å². The quantitative estimate of drug-likeness (QED) is 0.0870. The van der Waals surface area contributed by atoms with E-state index in [2.05, 4.69) is 6.92 Å². The molecule has 0 saturated heterocycles. The molecular formula is C33H69NO15. The first kappa shape index (κ1) is 48.4. The predicted octanol–water partition coefficient (Wildman–Crippen LogP) is 0.604. The molecule has 0 aliphatic heterocycles. The van der Waals surface area contributed by atoms with Gasteiger partial charge in [-0.05, 0) is 6.42 Å². The van der Waals surface area contributed by atoms with E-state index in [0.717, 1.165) is 13.0 Å². The molecule has 0 aliphatic carbocycles. The monoisotopic (exact) mass is 719 g/mol. The first-order chi connectivity index (χ1) is 24.4. The van der Waals surface area contributed by atoms with Crippen LogP contribution >= 0.6 is 0 Å². The minimum atomic E-state index is 0.505. The molecule has 296 valence electrons. The van der Waals surface area contributed by atoms with Crippen molar-refractivity contribution >= 4 is 0 Å². The van der Waals surface area contributed by atoms with Crippen molar-refractivity contribution in [3.05, 3.63) is 0 Å². The standard InChI is InChI=1S/C33H69NO15/c1-2-4-35-6-8-37-10-12-39-14-16-41-18-20-43-22-24-45-26-28-47-30-32-49-33-31-48-29-27-46-25-23-44-21-19-42-17-15-40-13-11-38-9-7-36-5-3-34/h2-34H2,1H3. The van der Waals surface area contributed by atoms with Crippen LogP contribution in [0.1, 0.15) is 13.3 Å². The molecule has 49 heavy (non-hydrogen) atoms. The van der Waals surface area contributed by atoms with Gasteiger partial charge in [0.1, 0.15) is 0 Å². The van der Waals surface area contributed by atoms with Crippen molar-refractivity contribution in [3.8, 4) is 0 Å². The number of nitrogens with two attached hydrogens (primary N) is 1. The third-order valence-electron chi connectivity index (χ3n) is 5.82. The molecule has 0 aromatic carbocycles. The number of hydrogen-bond donors (Lipinski definition) is 1. The molecule has 0 fully saturated rings. The molecule has 0 bridgehead atoms. The van der Waals surface area contributed by atoms with Crippen molar-refractivity contribution < 1.29 is 71.1 Å². The van der Waals surface area contributed by atoms with Crippen LogP contribution in [0.4, 0.5) is 0 Å². The highest BCUT2D eigenvalue weighted by Gasteiger charge is 1.97. The molecule has 16 nitrogen and oxygen atoms in total. The van der Waals surface area contributed by atoms with Crippen molar-refractivity contribution in [1.29, 1.82) is 0 Å².